The summed E-state index contributed by atoms with van der Waals surface area (Å²) in [5.41, 5.74) is 1.17. The van der Waals surface area contributed by atoms with E-state index in [0.29, 0.717) is 0 Å². The van der Waals surface area contributed by atoms with E-state index in [9.17, 15) is 0 Å². The normalized spacial score (nSPS) is 19.5. The van der Waals surface area contributed by atoms with Gasteiger partial charge in [0.2, 0.25) is 0 Å². The van der Waals surface area contributed by atoms with Crippen LogP contribution in [0.4, 0.5) is 0 Å². The van der Waals surface area contributed by atoms with Crippen molar-refractivity contribution in [1.29, 1.82) is 0 Å². The second kappa shape index (κ2) is 6.01. The van der Waals surface area contributed by atoms with Crippen molar-refractivity contribution in [3.05, 3.63) is 24.3 Å². The Labute approximate surface area is 82.7 Å². The standard InChI is InChI=1S/C13H22/c1-12(2)8-6-7-11-13-9-4-3-5-10-13/h6,8,13H,1,3-5,7,9-11H2,2H3/b8-6+. The van der Waals surface area contributed by atoms with E-state index in [1.54, 1.807) is 0 Å². The SMILES string of the molecule is C=C(C)/C=C/CCC1CCCCC1. The molecule has 74 valence electrons. The van der Waals surface area contributed by atoms with E-state index < -0.39 is 0 Å². The van der Waals surface area contributed by atoms with E-state index in [4.69, 9.17) is 0 Å². The van der Waals surface area contributed by atoms with E-state index in [1.807, 2.05) is 0 Å². The summed E-state index contributed by atoms with van der Waals surface area (Å²) in [6.07, 6.45) is 14.4. The van der Waals surface area contributed by atoms with Crippen molar-refractivity contribution in [2.75, 3.05) is 0 Å². The van der Waals surface area contributed by atoms with Crippen molar-refractivity contribution in [2.45, 2.75) is 51.9 Å². The molecule has 0 amide bonds. The third kappa shape index (κ3) is 4.92. The molecule has 0 unspecified atom stereocenters. The lowest BCUT2D eigenvalue weighted by molar-refractivity contribution is 0.341. The number of hydrogen-bond donors (Lipinski definition) is 0. The highest BCUT2D eigenvalue weighted by Gasteiger charge is 2.11. The quantitative estimate of drug-likeness (QED) is 0.557. The summed E-state index contributed by atoms with van der Waals surface area (Å²) in [4.78, 5) is 0. The molecular weight excluding hydrogens is 156 g/mol. The minimum Gasteiger partial charge on any atom is -0.0961 e. The molecule has 0 aromatic carbocycles. The molecule has 1 rings (SSSR count). The monoisotopic (exact) mass is 178 g/mol. The first-order valence-electron chi connectivity index (χ1n) is 5.61. The van der Waals surface area contributed by atoms with E-state index >= 15 is 0 Å². The Balaban J connectivity index is 2.07. The molecule has 0 N–H and O–H groups in total. The van der Waals surface area contributed by atoms with Gasteiger partial charge in [-0.05, 0) is 25.7 Å². The molecule has 0 atom stereocenters. The highest BCUT2D eigenvalue weighted by atomic mass is 14.2. The van der Waals surface area contributed by atoms with Gasteiger partial charge >= 0.3 is 0 Å². The molecule has 0 heteroatoms. The van der Waals surface area contributed by atoms with Crippen molar-refractivity contribution < 1.29 is 0 Å². The van der Waals surface area contributed by atoms with Gasteiger partial charge in [0.1, 0.15) is 0 Å². The van der Waals surface area contributed by atoms with E-state index in [2.05, 4.69) is 25.7 Å². The minimum absolute atomic E-state index is 1.02. The predicted molar refractivity (Wildman–Crippen MR) is 59.8 cm³/mol. The van der Waals surface area contributed by atoms with Crippen molar-refractivity contribution in [1.82, 2.24) is 0 Å². The zero-order chi connectivity index (χ0) is 9.52. The molecule has 0 radical (unpaired) electrons. The molecular formula is C13H22. The maximum atomic E-state index is 3.85. The van der Waals surface area contributed by atoms with Gasteiger partial charge < -0.3 is 0 Å². The first-order valence-corrected chi connectivity index (χ1v) is 5.61. The molecule has 0 heterocycles. The van der Waals surface area contributed by atoms with Crippen LogP contribution in [-0.4, -0.2) is 0 Å². The topological polar surface area (TPSA) is 0 Å². The summed E-state index contributed by atoms with van der Waals surface area (Å²) in [6, 6.07) is 0. The molecule has 0 aromatic rings. The van der Waals surface area contributed by atoms with Gasteiger partial charge in [-0.15, -0.1) is 0 Å². The number of rotatable bonds is 4. The molecule has 1 fully saturated rings. The van der Waals surface area contributed by atoms with Gasteiger partial charge in [-0.1, -0.05) is 56.4 Å². The molecule has 1 saturated carbocycles. The van der Waals surface area contributed by atoms with Gasteiger partial charge in [-0.25, -0.2) is 0 Å². The van der Waals surface area contributed by atoms with Gasteiger partial charge in [0.25, 0.3) is 0 Å². The molecule has 0 bridgehead atoms. The first kappa shape index (κ1) is 10.6. The maximum Gasteiger partial charge on any atom is -0.0345 e. The van der Waals surface area contributed by atoms with Crippen LogP contribution in [0.15, 0.2) is 24.3 Å². The Bertz CT molecular complexity index is 170. The second-order valence-corrected chi connectivity index (χ2v) is 4.33. The smallest absolute Gasteiger partial charge is 0.0345 e. The molecule has 1 aliphatic carbocycles. The summed E-state index contributed by atoms with van der Waals surface area (Å²) in [7, 11) is 0. The van der Waals surface area contributed by atoms with Crippen LogP contribution in [-0.2, 0) is 0 Å². The van der Waals surface area contributed by atoms with E-state index in [1.165, 1.54) is 50.5 Å². The Morgan fingerprint density at radius 3 is 2.62 bits per heavy atom. The van der Waals surface area contributed by atoms with Crippen LogP contribution in [0.1, 0.15) is 51.9 Å². The highest BCUT2D eigenvalue weighted by molar-refractivity contribution is 5.10. The lowest BCUT2D eigenvalue weighted by Crippen LogP contribution is -2.05. The summed E-state index contributed by atoms with van der Waals surface area (Å²) >= 11 is 0. The Hall–Kier alpha value is -0.520. The van der Waals surface area contributed by atoms with Crippen LogP contribution in [0.5, 0.6) is 0 Å². The summed E-state index contributed by atoms with van der Waals surface area (Å²) in [5.74, 6) is 1.02. The zero-order valence-electron chi connectivity index (χ0n) is 8.89. The van der Waals surface area contributed by atoms with Crippen molar-refractivity contribution in [2.24, 2.45) is 5.92 Å². The third-order valence-corrected chi connectivity index (χ3v) is 2.87. The molecule has 0 spiro atoms. The Kier molecular flexibility index (Phi) is 4.88. The first-order chi connectivity index (χ1) is 6.29. The second-order valence-electron chi connectivity index (χ2n) is 4.33. The fraction of sp³-hybridized carbons (Fsp3) is 0.692. The van der Waals surface area contributed by atoms with Crippen LogP contribution in [0.25, 0.3) is 0 Å². The van der Waals surface area contributed by atoms with Crippen LogP contribution < -0.4 is 0 Å². The predicted octanol–water partition coefficient (Wildman–Crippen LogP) is 4.48. The summed E-state index contributed by atoms with van der Waals surface area (Å²) in [6.45, 7) is 5.91. The molecule has 13 heavy (non-hydrogen) atoms. The number of hydrogen-bond acceptors (Lipinski definition) is 0. The largest absolute Gasteiger partial charge is 0.0961 e. The van der Waals surface area contributed by atoms with Crippen LogP contribution in [0, 0.1) is 5.92 Å². The fourth-order valence-electron chi connectivity index (χ4n) is 2.09. The lowest BCUT2D eigenvalue weighted by atomic mass is 9.86. The average Bonchev–Trinajstić information content (AvgIpc) is 2.14. The van der Waals surface area contributed by atoms with Crippen molar-refractivity contribution in [3.8, 4) is 0 Å². The number of allylic oxidation sites excluding steroid dienone is 3. The van der Waals surface area contributed by atoms with Gasteiger partial charge in [0, 0.05) is 0 Å². The lowest BCUT2D eigenvalue weighted by Gasteiger charge is -2.20. The van der Waals surface area contributed by atoms with Gasteiger partial charge in [-0.2, -0.15) is 0 Å². The van der Waals surface area contributed by atoms with Gasteiger partial charge in [0.05, 0.1) is 0 Å². The summed E-state index contributed by atoms with van der Waals surface area (Å²) in [5, 5.41) is 0. The van der Waals surface area contributed by atoms with Gasteiger partial charge in [-0.3, -0.25) is 0 Å². The van der Waals surface area contributed by atoms with Crippen molar-refractivity contribution >= 4 is 0 Å². The molecule has 0 aromatic heterocycles. The van der Waals surface area contributed by atoms with E-state index in [-0.39, 0.29) is 0 Å². The van der Waals surface area contributed by atoms with Crippen LogP contribution in [0.3, 0.4) is 0 Å². The van der Waals surface area contributed by atoms with Crippen LogP contribution in [0.2, 0.25) is 0 Å². The molecule has 0 nitrogen and oxygen atoms in total. The maximum absolute atomic E-state index is 3.85. The molecule has 1 aliphatic rings. The average molecular weight is 178 g/mol. The zero-order valence-corrected chi connectivity index (χ0v) is 8.89. The fourth-order valence-corrected chi connectivity index (χ4v) is 2.09. The third-order valence-electron chi connectivity index (χ3n) is 2.87. The minimum atomic E-state index is 1.02. The Morgan fingerprint density at radius 2 is 2.00 bits per heavy atom. The highest BCUT2D eigenvalue weighted by Crippen LogP contribution is 2.27. The summed E-state index contributed by atoms with van der Waals surface area (Å²) < 4.78 is 0. The molecule has 0 saturated heterocycles. The van der Waals surface area contributed by atoms with Crippen molar-refractivity contribution in [3.63, 3.8) is 0 Å². The molecule has 0 aliphatic heterocycles. The van der Waals surface area contributed by atoms with Gasteiger partial charge in [0.15, 0.2) is 0 Å². The van der Waals surface area contributed by atoms with Crippen LogP contribution >= 0.6 is 0 Å². The Morgan fingerprint density at radius 1 is 1.31 bits per heavy atom. The van der Waals surface area contributed by atoms with E-state index in [0.717, 1.165) is 5.92 Å².